The fraction of sp³-hybridized carbons (Fsp3) is 0.0435. The summed E-state index contributed by atoms with van der Waals surface area (Å²) in [5.74, 6) is -0.348. The number of nitrogens with zero attached hydrogens (tertiary/aromatic N) is 2. The van der Waals surface area contributed by atoms with E-state index in [0.29, 0.717) is 11.2 Å². The molecule has 1 aromatic heterocycles. The van der Waals surface area contributed by atoms with Gasteiger partial charge in [0.2, 0.25) is 5.95 Å². The van der Waals surface area contributed by atoms with Crippen LogP contribution in [0.15, 0.2) is 90.3 Å². The molecule has 0 radical (unpaired) electrons. The Labute approximate surface area is 190 Å². The van der Waals surface area contributed by atoms with Gasteiger partial charge < -0.3 is 4.98 Å². The molecule has 0 aliphatic rings. The van der Waals surface area contributed by atoms with Crippen molar-refractivity contribution in [3.8, 4) is 0 Å². The lowest BCUT2D eigenvalue weighted by molar-refractivity contribution is 0.102. The number of carbonyl (C=O) groups excluding carboxylic acids is 1. The van der Waals surface area contributed by atoms with Crippen molar-refractivity contribution in [2.24, 2.45) is 0 Å². The number of fused-ring (bicyclic) bond motifs is 1. The Kier molecular flexibility index (Phi) is 5.98. The molecule has 7 nitrogen and oxygen atoms in total. The van der Waals surface area contributed by atoms with Crippen molar-refractivity contribution in [2.75, 3.05) is 16.2 Å². The van der Waals surface area contributed by atoms with E-state index in [1.807, 2.05) is 18.2 Å². The molecule has 2 N–H and O–H groups in total. The maximum Gasteiger partial charge on any atom is 0.264 e. The maximum absolute atomic E-state index is 13.4. The van der Waals surface area contributed by atoms with Gasteiger partial charge in [0.05, 0.1) is 38.7 Å². The number of anilines is 2. The number of aromatic amines is 1. The summed E-state index contributed by atoms with van der Waals surface area (Å²) in [4.78, 5) is 20.1. The van der Waals surface area contributed by atoms with E-state index >= 15 is 0 Å². The summed E-state index contributed by atoms with van der Waals surface area (Å²) in [7, 11) is -3.98. The highest BCUT2D eigenvalue weighted by Crippen LogP contribution is 2.27. The highest BCUT2D eigenvalue weighted by molar-refractivity contribution is 7.92. The molecule has 0 spiro atoms. The average Bonchev–Trinajstić information content (AvgIpc) is 3.20. The van der Waals surface area contributed by atoms with Crippen molar-refractivity contribution in [1.29, 1.82) is 0 Å². The van der Waals surface area contributed by atoms with Crippen LogP contribution in [-0.2, 0) is 10.0 Å². The molecule has 162 valence electrons. The van der Waals surface area contributed by atoms with Gasteiger partial charge >= 0.3 is 0 Å². The molecule has 3 aromatic carbocycles. The van der Waals surface area contributed by atoms with Gasteiger partial charge in [-0.05, 0) is 42.5 Å². The van der Waals surface area contributed by atoms with Gasteiger partial charge in [-0.25, -0.2) is 13.4 Å². The number of nitrogens with one attached hydrogen (secondary N) is 2. The van der Waals surface area contributed by atoms with Gasteiger partial charge in [-0.2, -0.15) is 0 Å². The van der Waals surface area contributed by atoms with Gasteiger partial charge in [0, 0.05) is 0 Å². The molecular formula is C23H19ClN4O3S. The number of para-hydroxylation sites is 3. The Balaban J connectivity index is 1.67. The summed E-state index contributed by atoms with van der Waals surface area (Å²) in [6.45, 7) is 3.72. The van der Waals surface area contributed by atoms with E-state index in [-0.39, 0.29) is 28.0 Å². The Bertz CT molecular complexity index is 1370. The van der Waals surface area contributed by atoms with Gasteiger partial charge in [-0.3, -0.25) is 14.4 Å². The number of hydrogen-bond donors (Lipinski definition) is 2. The van der Waals surface area contributed by atoms with Crippen LogP contribution in [0, 0.1) is 0 Å². The minimum Gasteiger partial charge on any atom is -0.324 e. The van der Waals surface area contributed by atoms with Crippen LogP contribution in [-0.4, -0.2) is 30.8 Å². The lowest BCUT2D eigenvalue weighted by atomic mass is 10.2. The second kappa shape index (κ2) is 8.86. The first-order valence-electron chi connectivity index (χ1n) is 9.64. The molecule has 0 bridgehead atoms. The smallest absolute Gasteiger partial charge is 0.264 e. The van der Waals surface area contributed by atoms with Crippen molar-refractivity contribution in [3.05, 3.63) is 96.0 Å². The number of sulfonamides is 1. The molecule has 0 aliphatic carbocycles. The number of carbonyl (C=O) groups is 1. The van der Waals surface area contributed by atoms with Crippen LogP contribution in [0.4, 0.5) is 11.6 Å². The predicted octanol–water partition coefficient (Wildman–Crippen LogP) is 4.85. The highest BCUT2D eigenvalue weighted by atomic mass is 35.5. The Hall–Kier alpha value is -3.62. The summed E-state index contributed by atoms with van der Waals surface area (Å²) in [6.07, 6.45) is 1.50. The number of rotatable bonds is 7. The number of imidazole rings is 1. The molecule has 0 atom stereocenters. The molecular weight excluding hydrogens is 448 g/mol. The third-order valence-corrected chi connectivity index (χ3v) is 6.85. The lowest BCUT2D eigenvalue weighted by Crippen LogP contribution is -2.31. The van der Waals surface area contributed by atoms with E-state index < -0.39 is 15.9 Å². The summed E-state index contributed by atoms with van der Waals surface area (Å²) in [5, 5.41) is 2.76. The zero-order chi connectivity index (χ0) is 22.7. The van der Waals surface area contributed by atoms with E-state index in [0.717, 1.165) is 5.52 Å². The fourth-order valence-electron chi connectivity index (χ4n) is 3.21. The van der Waals surface area contributed by atoms with Crippen molar-refractivity contribution in [2.45, 2.75) is 4.90 Å². The lowest BCUT2D eigenvalue weighted by Gasteiger charge is -2.23. The van der Waals surface area contributed by atoms with Gasteiger partial charge in [0.25, 0.3) is 15.9 Å². The minimum atomic E-state index is -3.98. The number of benzene rings is 3. The van der Waals surface area contributed by atoms with Crippen LogP contribution < -0.4 is 9.62 Å². The van der Waals surface area contributed by atoms with Crippen LogP contribution >= 0.6 is 11.6 Å². The normalized spacial score (nSPS) is 11.3. The molecule has 4 rings (SSSR count). The Morgan fingerprint density at radius 3 is 2.53 bits per heavy atom. The topological polar surface area (TPSA) is 95.2 Å². The molecule has 0 fully saturated rings. The average molecular weight is 467 g/mol. The minimum absolute atomic E-state index is 0.0137. The van der Waals surface area contributed by atoms with Crippen molar-refractivity contribution >= 4 is 50.2 Å². The van der Waals surface area contributed by atoms with Crippen LogP contribution in [0.3, 0.4) is 0 Å². The van der Waals surface area contributed by atoms with Gasteiger partial charge in [-0.1, -0.05) is 48.0 Å². The molecule has 0 saturated heterocycles. The molecule has 0 saturated carbocycles. The predicted molar refractivity (Wildman–Crippen MR) is 127 cm³/mol. The van der Waals surface area contributed by atoms with Crippen LogP contribution in [0.25, 0.3) is 11.0 Å². The fourth-order valence-corrected chi connectivity index (χ4v) is 4.87. The zero-order valence-electron chi connectivity index (χ0n) is 16.8. The molecule has 0 unspecified atom stereocenters. The third kappa shape index (κ3) is 4.23. The number of amides is 1. The van der Waals surface area contributed by atoms with Gasteiger partial charge in [0.15, 0.2) is 0 Å². The van der Waals surface area contributed by atoms with Gasteiger partial charge in [0.1, 0.15) is 0 Å². The van der Waals surface area contributed by atoms with E-state index in [2.05, 4.69) is 21.9 Å². The number of H-pyrrole nitrogens is 1. The molecule has 0 aliphatic heterocycles. The number of aromatic nitrogens is 2. The Morgan fingerprint density at radius 1 is 1.09 bits per heavy atom. The monoisotopic (exact) mass is 466 g/mol. The standard InChI is InChI=1S/C23H19ClN4O3S/c1-2-14-28(16-8-4-3-5-9-16)32(30,31)17-12-13-19(24)18(15-17)22(29)27-23-25-20-10-6-7-11-21(20)26-23/h2-13,15H,1,14H2,(H2,25,26,27,29). The summed E-state index contributed by atoms with van der Waals surface area (Å²) in [5.41, 5.74) is 1.94. The van der Waals surface area contributed by atoms with Crippen LogP contribution in [0.5, 0.6) is 0 Å². The first kappa shape index (κ1) is 21.6. The second-order valence-corrected chi connectivity index (χ2v) is 9.13. The summed E-state index contributed by atoms with van der Waals surface area (Å²) in [6, 6.07) is 20.0. The molecule has 9 heteroatoms. The maximum atomic E-state index is 13.4. The Morgan fingerprint density at radius 2 is 1.81 bits per heavy atom. The highest BCUT2D eigenvalue weighted by Gasteiger charge is 2.26. The molecule has 32 heavy (non-hydrogen) atoms. The van der Waals surface area contributed by atoms with E-state index in [1.54, 1.807) is 36.4 Å². The third-order valence-electron chi connectivity index (χ3n) is 4.73. The SMILES string of the molecule is C=CCN(c1ccccc1)S(=O)(=O)c1ccc(Cl)c(C(=O)Nc2nc3ccccc3[nH]2)c1. The van der Waals surface area contributed by atoms with Crippen molar-refractivity contribution in [3.63, 3.8) is 0 Å². The second-order valence-electron chi connectivity index (χ2n) is 6.86. The number of halogens is 1. The van der Waals surface area contributed by atoms with E-state index in [9.17, 15) is 13.2 Å². The molecule has 1 amide bonds. The van der Waals surface area contributed by atoms with Crippen molar-refractivity contribution < 1.29 is 13.2 Å². The first-order valence-corrected chi connectivity index (χ1v) is 11.5. The van der Waals surface area contributed by atoms with E-state index in [1.165, 1.54) is 28.6 Å². The van der Waals surface area contributed by atoms with Gasteiger partial charge in [-0.15, -0.1) is 6.58 Å². The van der Waals surface area contributed by atoms with Crippen LogP contribution in [0.2, 0.25) is 5.02 Å². The summed E-state index contributed by atoms with van der Waals surface area (Å²) < 4.78 is 28.0. The zero-order valence-corrected chi connectivity index (χ0v) is 18.4. The van der Waals surface area contributed by atoms with Crippen LogP contribution in [0.1, 0.15) is 10.4 Å². The summed E-state index contributed by atoms with van der Waals surface area (Å²) >= 11 is 6.23. The number of hydrogen-bond acceptors (Lipinski definition) is 4. The first-order chi connectivity index (χ1) is 15.4. The molecule has 4 aromatic rings. The van der Waals surface area contributed by atoms with E-state index in [4.69, 9.17) is 11.6 Å². The van der Waals surface area contributed by atoms with Crippen molar-refractivity contribution in [1.82, 2.24) is 9.97 Å². The quantitative estimate of drug-likeness (QED) is 0.380. The molecule has 1 heterocycles. The largest absolute Gasteiger partial charge is 0.324 e.